The summed E-state index contributed by atoms with van der Waals surface area (Å²) in [6.45, 7) is 2.58. The average molecular weight is 356 g/mol. The van der Waals surface area contributed by atoms with E-state index in [1.807, 2.05) is 0 Å². The van der Waals surface area contributed by atoms with E-state index in [9.17, 15) is 14.4 Å². The normalized spacial score (nSPS) is 13.7. The lowest BCUT2D eigenvalue weighted by atomic mass is 10.2. The van der Waals surface area contributed by atoms with Gasteiger partial charge in [-0.05, 0) is 37.6 Å². The van der Waals surface area contributed by atoms with Gasteiger partial charge in [-0.25, -0.2) is 0 Å². The third kappa shape index (κ3) is 4.27. The van der Waals surface area contributed by atoms with Gasteiger partial charge in [0.05, 0.1) is 13.1 Å². The minimum Gasteiger partial charge on any atom is -0.361 e. The SMILES string of the molecule is Cc1cc(CNC(=O)CNC(=O)c2ccc(N3CCCC3=O)cc2)no1. The van der Waals surface area contributed by atoms with Crippen LogP contribution in [0.3, 0.4) is 0 Å². The number of nitrogens with zero attached hydrogens (tertiary/aromatic N) is 2. The van der Waals surface area contributed by atoms with Gasteiger partial charge in [-0.3, -0.25) is 14.4 Å². The van der Waals surface area contributed by atoms with Gasteiger partial charge in [0.15, 0.2) is 0 Å². The lowest BCUT2D eigenvalue weighted by molar-refractivity contribution is -0.120. The minimum atomic E-state index is -0.350. The number of aryl methyl sites for hydroxylation is 1. The van der Waals surface area contributed by atoms with Crippen LogP contribution in [0, 0.1) is 6.92 Å². The first kappa shape index (κ1) is 17.7. The highest BCUT2D eigenvalue weighted by molar-refractivity contribution is 5.98. The van der Waals surface area contributed by atoms with E-state index >= 15 is 0 Å². The molecular formula is C18H20N4O4. The summed E-state index contributed by atoms with van der Waals surface area (Å²) < 4.78 is 4.91. The maximum Gasteiger partial charge on any atom is 0.251 e. The lowest BCUT2D eigenvalue weighted by Crippen LogP contribution is -2.36. The molecule has 2 N–H and O–H groups in total. The molecule has 0 unspecified atom stereocenters. The highest BCUT2D eigenvalue weighted by atomic mass is 16.5. The molecule has 1 aliphatic heterocycles. The van der Waals surface area contributed by atoms with Crippen molar-refractivity contribution in [2.45, 2.75) is 26.3 Å². The number of amides is 3. The smallest absolute Gasteiger partial charge is 0.251 e. The van der Waals surface area contributed by atoms with Crippen LogP contribution in [-0.4, -0.2) is 36.0 Å². The Balaban J connectivity index is 1.46. The van der Waals surface area contributed by atoms with Gasteiger partial charge in [-0.1, -0.05) is 5.16 Å². The number of carbonyl (C=O) groups excluding carboxylic acids is 3. The Bertz CT molecular complexity index is 813. The van der Waals surface area contributed by atoms with E-state index in [2.05, 4.69) is 15.8 Å². The van der Waals surface area contributed by atoms with Crippen LogP contribution in [0.2, 0.25) is 0 Å². The first-order chi connectivity index (χ1) is 12.5. The largest absolute Gasteiger partial charge is 0.361 e. The summed E-state index contributed by atoms with van der Waals surface area (Å²) in [5, 5.41) is 8.98. The van der Waals surface area contributed by atoms with E-state index in [1.165, 1.54) is 0 Å². The minimum absolute atomic E-state index is 0.0983. The van der Waals surface area contributed by atoms with E-state index in [4.69, 9.17) is 4.52 Å². The predicted octanol–water partition coefficient (Wildman–Crippen LogP) is 1.16. The maximum absolute atomic E-state index is 12.1. The fourth-order valence-electron chi connectivity index (χ4n) is 2.73. The topological polar surface area (TPSA) is 105 Å². The van der Waals surface area contributed by atoms with E-state index in [1.54, 1.807) is 42.2 Å². The van der Waals surface area contributed by atoms with Crippen LogP contribution in [0.5, 0.6) is 0 Å². The van der Waals surface area contributed by atoms with Gasteiger partial charge in [0, 0.05) is 30.3 Å². The van der Waals surface area contributed by atoms with E-state index in [0.29, 0.717) is 30.0 Å². The molecule has 2 heterocycles. The van der Waals surface area contributed by atoms with Crippen molar-refractivity contribution in [1.82, 2.24) is 15.8 Å². The summed E-state index contributed by atoms with van der Waals surface area (Å²) in [5.74, 6) is 0.0952. The first-order valence-corrected chi connectivity index (χ1v) is 8.40. The zero-order valence-corrected chi connectivity index (χ0v) is 14.4. The fourth-order valence-corrected chi connectivity index (χ4v) is 2.73. The molecule has 1 fully saturated rings. The van der Waals surface area contributed by atoms with E-state index < -0.39 is 0 Å². The Morgan fingerprint density at radius 1 is 1.23 bits per heavy atom. The third-order valence-electron chi connectivity index (χ3n) is 4.07. The monoisotopic (exact) mass is 356 g/mol. The number of aromatic nitrogens is 1. The number of carbonyl (C=O) groups is 3. The molecule has 0 atom stereocenters. The van der Waals surface area contributed by atoms with Crippen LogP contribution >= 0.6 is 0 Å². The Morgan fingerprint density at radius 3 is 2.62 bits per heavy atom. The lowest BCUT2D eigenvalue weighted by Gasteiger charge is -2.15. The molecule has 0 bridgehead atoms. The molecule has 1 aliphatic rings. The van der Waals surface area contributed by atoms with E-state index in [0.717, 1.165) is 12.1 Å². The van der Waals surface area contributed by atoms with Gasteiger partial charge < -0.3 is 20.1 Å². The van der Waals surface area contributed by atoms with Gasteiger partial charge in [-0.2, -0.15) is 0 Å². The standard InChI is InChI=1S/C18H20N4O4/c1-12-9-14(21-26-12)10-19-16(23)11-20-18(25)13-4-6-15(7-5-13)22-8-2-3-17(22)24/h4-7,9H,2-3,8,10-11H2,1H3,(H,19,23)(H,20,25). The summed E-state index contributed by atoms with van der Waals surface area (Å²) in [6, 6.07) is 8.50. The van der Waals surface area contributed by atoms with E-state index in [-0.39, 0.29) is 30.8 Å². The number of benzene rings is 1. The molecule has 8 heteroatoms. The third-order valence-corrected chi connectivity index (χ3v) is 4.07. The van der Waals surface area contributed by atoms with Gasteiger partial charge in [0.25, 0.3) is 5.91 Å². The second kappa shape index (κ2) is 7.81. The second-order valence-electron chi connectivity index (χ2n) is 6.08. The van der Waals surface area contributed by atoms with Gasteiger partial charge in [-0.15, -0.1) is 0 Å². The van der Waals surface area contributed by atoms with Crippen molar-refractivity contribution in [3.8, 4) is 0 Å². The molecule has 0 radical (unpaired) electrons. The van der Waals surface area contributed by atoms with Gasteiger partial charge in [0.1, 0.15) is 11.5 Å². The zero-order valence-electron chi connectivity index (χ0n) is 14.4. The second-order valence-corrected chi connectivity index (χ2v) is 6.08. The van der Waals surface area contributed by atoms with Crippen LogP contribution in [0.15, 0.2) is 34.9 Å². The Labute approximate surface area is 150 Å². The van der Waals surface area contributed by atoms with Crippen LogP contribution in [0.25, 0.3) is 0 Å². The van der Waals surface area contributed by atoms with Crippen molar-refractivity contribution in [3.63, 3.8) is 0 Å². The number of hydrogen-bond acceptors (Lipinski definition) is 5. The van der Waals surface area contributed by atoms with Crippen LogP contribution < -0.4 is 15.5 Å². The highest BCUT2D eigenvalue weighted by Crippen LogP contribution is 2.21. The maximum atomic E-state index is 12.1. The molecule has 0 spiro atoms. The van der Waals surface area contributed by atoms with Crippen molar-refractivity contribution >= 4 is 23.4 Å². The quantitative estimate of drug-likeness (QED) is 0.808. The molecule has 3 rings (SSSR count). The first-order valence-electron chi connectivity index (χ1n) is 8.40. The van der Waals surface area contributed by atoms with Crippen molar-refractivity contribution in [2.75, 3.05) is 18.0 Å². The summed E-state index contributed by atoms with van der Waals surface area (Å²) in [5.41, 5.74) is 1.83. The number of rotatable bonds is 6. The number of anilines is 1. The number of nitrogens with one attached hydrogen (secondary N) is 2. The predicted molar refractivity (Wildman–Crippen MR) is 93.4 cm³/mol. The summed E-state index contributed by atoms with van der Waals surface area (Å²) in [4.78, 5) is 37.4. The molecule has 1 aromatic carbocycles. The van der Waals surface area contributed by atoms with Gasteiger partial charge >= 0.3 is 0 Å². The molecule has 3 amide bonds. The molecule has 2 aromatic rings. The van der Waals surface area contributed by atoms with Gasteiger partial charge in [0.2, 0.25) is 11.8 Å². The molecular weight excluding hydrogens is 336 g/mol. The fraction of sp³-hybridized carbons (Fsp3) is 0.333. The van der Waals surface area contributed by atoms with Crippen LogP contribution in [0.1, 0.15) is 34.7 Å². The Kier molecular flexibility index (Phi) is 5.31. The molecule has 1 aromatic heterocycles. The van der Waals surface area contributed by atoms with Crippen molar-refractivity contribution < 1.29 is 18.9 Å². The molecule has 136 valence electrons. The summed E-state index contributed by atoms with van der Waals surface area (Å²) >= 11 is 0. The highest BCUT2D eigenvalue weighted by Gasteiger charge is 2.21. The zero-order chi connectivity index (χ0) is 18.5. The van der Waals surface area contributed by atoms with Crippen molar-refractivity contribution in [2.24, 2.45) is 0 Å². The van der Waals surface area contributed by atoms with Crippen LogP contribution in [0.4, 0.5) is 5.69 Å². The Hall–Kier alpha value is -3.16. The molecule has 0 aliphatic carbocycles. The molecule has 0 saturated carbocycles. The number of hydrogen-bond donors (Lipinski definition) is 2. The average Bonchev–Trinajstić information content (AvgIpc) is 3.26. The summed E-state index contributed by atoms with van der Waals surface area (Å²) in [6.07, 6.45) is 1.41. The molecule has 8 nitrogen and oxygen atoms in total. The van der Waals surface area contributed by atoms with Crippen molar-refractivity contribution in [1.29, 1.82) is 0 Å². The van der Waals surface area contributed by atoms with Crippen LogP contribution in [-0.2, 0) is 16.1 Å². The summed E-state index contributed by atoms with van der Waals surface area (Å²) in [7, 11) is 0. The van der Waals surface area contributed by atoms with Crippen molar-refractivity contribution in [3.05, 3.63) is 47.3 Å². The molecule has 1 saturated heterocycles. The Morgan fingerprint density at radius 2 is 2.00 bits per heavy atom. The molecule has 26 heavy (non-hydrogen) atoms.